The Morgan fingerprint density at radius 1 is 0.863 bits per heavy atom. The van der Waals surface area contributed by atoms with Crippen molar-refractivity contribution in [2.45, 2.75) is 156 Å². The highest BCUT2D eigenvalue weighted by Crippen LogP contribution is 2.47. The van der Waals surface area contributed by atoms with Crippen LogP contribution in [0, 0.1) is 11.8 Å². The van der Waals surface area contributed by atoms with E-state index in [1.165, 1.54) is 17.1 Å². The van der Waals surface area contributed by atoms with Crippen LogP contribution in [0.1, 0.15) is 102 Å². The van der Waals surface area contributed by atoms with Crippen molar-refractivity contribution in [3.8, 4) is 11.8 Å². The van der Waals surface area contributed by atoms with Gasteiger partial charge in [-0.3, -0.25) is 51.3 Å². The number of aryl methyl sites for hydroxylation is 2. The Morgan fingerprint density at radius 2 is 1.62 bits per heavy atom. The minimum Gasteiger partial charge on any atom is -0.390 e. The van der Waals surface area contributed by atoms with Gasteiger partial charge in [-0.1, -0.05) is 51.5 Å². The van der Waals surface area contributed by atoms with Crippen LogP contribution < -0.4 is 48.7 Å². The third kappa shape index (κ3) is 29.3. The molecule has 0 saturated carbocycles. The number of primary amides is 1. The Morgan fingerprint density at radius 3 is 2.40 bits per heavy atom. The Labute approximate surface area is 600 Å². The number of anilines is 1. The number of fused-ring (bicyclic) bond motifs is 2. The number of ether oxygens (including phenoxy) is 4. The van der Waals surface area contributed by atoms with Gasteiger partial charge in [0.1, 0.15) is 61.1 Å². The van der Waals surface area contributed by atoms with E-state index in [1.807, 2.05) is 25.6 Å². The highest BCUT2D eigenvalue weighted by Gasteiger charge is 2.44. The number of aromatic nitrogens is 6. The first-order valence-electron chi connectivity index (χ1n) is 32.6. The van der Waals surface area contributed by atoms with Gasteiger partial charge in [0.25, 0.3) is 0 Å². The van der Waals surface area contributed by atoms with E-state index in [-0.39, 0.29) is 111 Å². The fraction of sp³-hybridized carbons (Fsp3) is 0.655. The zero-order valence-corrected chi connectivity index (χ0v) is 61.5. The predicted octanol–water partition coefficient (Wildman–Crippen LogP) is 1.14. The molecule has 7 unspecified atom stereocenters. The first kappa shape index (κ1) is 83.5. The summed E-state index contributed by atoms with van der Waals surface area (Å²) in [6.07, 6.45) is 7.00. The number of carbonyl (C=O) groups is 6. The summed E-state index contributed by atoms with van der Waals surface area (Å²) in [5, 5.41) is 39.2. The summed E-state index contributed by atoms with van der Waals surface area (Å²) in [5.74, 6) is 4.95. The van der Waals surface area contributed by atoms with E-state index >= 15 is 0 Å². The maximum absolute atomic E-state index is 12.8. The normalized spacial score (nSPS) is 22.5. The number of thioether (sulfide) groups is 1. The van der Waals surface area contributed by atoms with Gasteiger partial charge in [0.2, 0.25) is 29.5 Å². The first-order valence-corrected chi connectivity index (χ1v) is 40.5. The van der Waals surface area contributed by atoms with Gasteiger partial charge in [-0.25, -0.2) is 28.5 Å². The van der Waals surface area contributed by atoms with Crippen molar-refractivity contribution in [3.63, 3.8) is 0 Å². The summed E-state index contributed by atoms with van der Waals surface area (Å²) in [6, 6.07) is 0.102. The number of carbonyl (C=O) groups excluding carboxylic acids is 6. The van der Waals surface area contributed by atoms with Crippen molar-refractivity contribution in [1.82, 2.24) is 66.7 Å². The molecule has 44 heteroatoms. The maximum atomic E-state index is 12.8. The lowest BCUT2D eigenvalue weighted by atomic mass is 10.0. The summed E-state index contributed by atoms with van der Waals surface area (Å²) in [5.41, 5.74) is 13.0. The fourth-order valence-corrected chi connectivity index (χ4v) is 16.0. The zero-order valence-electron chi connectivity index (χ0n) is 56.3. The number of aliphatic hydroxyl groups excluding tert-OH is 1. The number of nitrogens with one attached hydrogen (secondary N) is 7. The number of rotatable bonds is 46. The number of nitrogen functional groups attached to an aromatic ring is 1. The number of nitrogens with zero attached hydrogens (tertiary/aromatic N) is 6. The number of urea groups is 1. The SMILES string of the molecule is COP(=O)(O)OC[C@H]1O[C@@H](n2cc(C#CCNC(=O)COCCOCSSC(C)(C)CNC(=O)CCCn3cc(CCCCCOP(=O)(O)OC[C@H]4O[C@@H](N/C=C(/C=C\C(=O)NCCNC(=O)CCCCC5SCC6NC(=O)NC65)C(N)=O)CC4OP(=O)(O)O)nn3)c3c(N)ncnc32)CC1O. The van der Waals surface area contributed by atoms with Crippen LogP contribution in [-0.2, 0) is 92.2 Å². The molecule has 0 spiro atoms. The number of hydrogen-bond donors (Lipinski definition) is 14. The van der Waals surface area contributed by atoms with Crippen molar-refractivity contribution >= 4 is 109 Å². The summed E-state index contributed by atoms with van der Waals surface area (Å²) < 4.78 is 86.4. The topological polar surface area (TPSA) is 536 Å². The van der Waals surface area contributed by atoms with E-state index in [2.05, 4.69) is 73.9 Å². The second-order valence-electron chi connectivity index (χ2n) is 24.2. The molecule has 4 aliphatic heterocycles. The second-order valence-corrected chi connectivity index (χ2v) is 32.6. The molecule has 4 aliphatic rings. The maximum Gasteiger partial charge on any atom is 0.472 e. The van der Waals surface area contributed by atoms with Gasteiger partial charge in [0.15, 0.2) is 0 Å². The van der Waals surface area contributed by atoms with Crippen LogP contribution in [0.3, 0.4) is 0 Å². The molecule has 16 N–H and O–H groups in total. The van der Waals surface area contributed by atoms with E-state index in [4.69, 9.17) is 48.5 Å². The fourth-order valence-electron chi connectivity index (χ4n) is 10.6. The molecule has 0 aromatic carbocycles. The third-order valence-electron chi connectivity index (χ3n) is 15.6. The van der Waals surface area contributed by atoms with E-state index in [1.54, 1.807) is 32.4 Å². The molecule has 568 valence electrons. The van der Waals surface area contributed by atoms with Crippen molar-refractivity contribution in [2.24, 2.45) is 5.73 Å². The number of aliphatic hydroxyl groups is 1. The predicted molar refractivity (Wildman–Crippen MR) is 371 cm³/mol. The minimum absolute atomic E-state index is 0.0153. The molecule has 7 amide bonds. The van der Waals surface area contributed by atoms with Gasteiger partial charge in [-0.15, -0.1) is 5.10 Å². The molecule has 38 nitrogen and oxygen atoms in total. The van der Waals surface area contributed by atoms with E-state index in [9.17, 15) is 67.1 Å². The quantitative estimate of drug-likeness (QED) is 0.00551. The van der Waals surface area contributed by atoms with Crippen LogP contribution in [0.15, 0.2) is 42.6 Å². The Kier molecular flexibility index (Phi) is 33.7. The minimum atomic E-state index is -5.10. The lowest BCUT2D eigenvalue weighted by Crippen LogP contribution is -2.36. The van der Waals surface area contributed by atoms with E-state index in [0.717, 1.165) is 44.1 Å². The lowest BCUT2D eigenvalue weighted by Gasteiger charge is -2.23. The van der Waals surface area contributed by atoms with E-state index in [0.29, 0.717) is 91.5 Å². The van der Waals surface area contributed by atoms with Crippen LogP contribution in [0.4, 0.5) is 10.6 Å². The molecular formula is C58H90N15O23P3S3. The summed E-state index contributed by atoms with van der Waals surface area (Å²) in [7, 11) is -10.0. The highest BCUT2D eigenvalue weighted by molar-refractivity contribution is 8.77. The molecule has 4 fully saturated rings. The number of hydrogen-bond acceptors (Lipinski definition) is 28. The smallest absolute Gasteiger partial charge is 0.390 e. The average molecular weight is 1550 g/mol. The molecule has 3 aromatic heterocycles. The molecule has 3 aromatic rings. The van der Waals surface area contributed by atoms with Crippen LogP contribution in [0.5, 0.6) is 0 Å². The van der Waals surface area contributed by atoms with Crippen molar-refractivity contribution in [3.05, 3.63) is 53.9 Å². The zero-order chi connectivity index (χ0) is 73.9. The van der Waals surface area contributed by atoms with Crippen molar-refractivity contribution in [2.75, 3.05) is 90.4 Å². The monoisotopic (exact) mass is 1550 g/mol. The van der Waals surface area contributed by atoms with Crippen LogP contribution >= 0.6 is 56.8 Å². The molecule has 0 radical (unpaired) electrons. The summed E-state index contributed by atoms with van der Waals surface area (Å²) >= 11 is 1.81. The van der Waals surface area contributed by atoms with Gasteiger partial charge < -0.3 is 96.9 Å². The van der Waals surface area contributed by atoms with Gasteiger partial charge in [-0.05, 0) is 58.4 Å². The first-order chi connectivity index (χ1) is 48.5. The van der Waals surface area contributed by atoms with E-state index < -0.39 is 91.3 Å². The van der Waals surface area contributed by atoms with Gasteiger partial charge in [0.05, 0.1) is 80.0 Å². The number of amides is 7. The molecule has 11 atom stereocenters. The molecule has 0 bridgehead atoms. The molecule has 0 aliphatic carbocycles. The van der Waals surface area contributed by atoms with Crippen molar-refractivity contribution < 1.29 is 109 Å². The second kappa shape index (κ2) is 41.2. The Bertz CT molecular complexity index is 3580. The molecule has 4 saturated heterocycles. The summed E-state index contributed by atoms with van der Waals surface area (Å²) in [6.45, 7) is 4.01. The molecule has 7 heterocycles. The average Bonchev–Trinajstić information content (AvgIpc) is 1.62. The molecule has 102 heavy (non-hydrogen) atoms. The number of unbranched alkanes of at least 4 members (excludes halogenated alkanes) is 3. The Hall–Kier alpha value is -5.80. The van der Waals surface area contributed by atoms with Crippen LogP contribution in [0.2, 0.25) is 0 Å². The highest BCUT2D eigenvalue weighted by atomic mass is 33.1. The summed E-state index contributed by atoms with van der Waals surface area (Å²) in [4.78, 5) is 121. The van der Waals surface area contributed by atoms with Crippen molar-refractivity contribution in [1.29, 1.82) is 0 Å². The molecule has 7 rings (SSSR count). The third-order valence-corrected chi connectivity index (χ3v) is 22.6. The Balaban J connectivity index is 0.677. The van der Waals surface area contributed by atoms with Crippen LogP contribution in [0.25, 0.3) is 11.0 Å². The van der Waals surface area contributed by atoms with Gasteiger partial charge >= 0.3 is 29.5 Å². The largest absolute Gasteiger partial charge is 0.472 e. The number of phosphoric acid groups is 3. The van der Waals surface area contributed by atoms with Crippen LogP contribution in [-0.4, -0.2) is 227 Å². The molecular weight excluding hydrogens is 1460 g/mol. The van der Waals surface area contributed by atoms with Gasteiger partial charge in [0, 0.05) is 99.4 Å². The van der Waals surface area contributed by atoms with Gasteiger partial charge in [-0.2, -0.15) is 11.8 Å². The number of nitrogens with two attached hydrogens (primary N) is 2. The standard InChI is InChI=1S/C58H90N15O23P3S3/c1-58(2,102-101-36-90-24-23-89-32-49(78)61-18-9-11-38-28-73(56-52(38)54(59)66-35-67-56)51-25-41(74)43(95-51)30-92-98(84,85)88-3)34-65-47(76)15-10-21-72-29-39(70-71-72)12-5-4-8-22-91-99(86,87)93-31-44-42(96-97(81,82)83)26-50(94-44)64-27-37(55(60)79)16-17-48(77)63-20-19-62-46(75)14-7-6-13-45-53-40(33-100-45)68-57(80)69-53/h16-17,27-29,35,40-45,50-51,53,64,74H,4-8,10,12-15,18-26,30-34,36H2,1-3H3,(H2,60,79)(H,61,78)(H,62,75)(H,63,77)(H,65,76)(H,84,85)(H,86,87)(H2,59,66,67)(H2,68,69,80)(H2,81,82,83)/b17-16-,37-27-/t40?,41?,42?,43-,44-,45?,50-,51-,53?/m1/s1. The number of phosphoric ester groups is 3. The lowest BCUT2D eigenvalue weighted by molar-refractivity contribution is -0.126.